The summed E-state index contributed by atoms with van der Waals surface area (Å²) in [5, 5.41) is 7.64. The summed E-state index contributed by atoms with van der Waals surface area (Å²) in [6, 6.07) is 58.8. The Morgan fingerprint density at radius 1 is 0.349 bits per heavy atom. The normalized spacial score (nSPS) is 11.4. The first kappa shape index (κ1) is 25.1. The molecule has 204 valence electrons. The Morgan fingerprint density at radius 2 is 0.744 bits per heavy atom. The molecule has 0 radical (unpaired) electrons. The second kappa shape index (κ2) is 10.3. The Kier molecular flexibility index (Phi) is 6.05. The maximum atomic E-state index is 2.39. The van der Waals surface area contributed by atoms with Gasteiger partial charge < -0.3 is 9.80 Å². The van der Waals surface area contributed by atoms with Crippen LogP contribution in [-0.2, 0) is 0 Å². The molecule has 0 aliphatic rings. The molecule has 43 heavy (non-hydrogen) atoms. The molecule has 0 atom stereocenters. The van der Waals surface area contributed by atoms with Crippen LogP contribution in [0.15, 0.2) is 164 Å². The zero-order valence-corrected chi connectivity index (χ0v) is 24.0. The molecule has 0 N–H and O–H groups in total. The van der Waals surface area contributed by atoms with Gasteiger partial charge >= 0.3 is 0 Å². The van der Waals surface area contributed by atoms with Gasteiger partial charge in [-0.1, -0.05) is 103 Å². The molecule has 0 spiro atoms. The van der Waals surface area contributed by atoms with Gasteiger partial charge in [0.1, 0.15) is 0 Å². The molecule has 0 saturated heterocycles. The van der Waals surface area contributed by atoms with E-state index in [-0.39, 0.29) is 0 Å². The van der Waals surface area contributed by atoms with Gasteiger partial charge in [-0.2, -0.15) is 0 Å². The lowest BCUT2D eigenvalue weighted by Gasteiger charge is -2.29. The first-order valence-electron chi connectivity index (χ1n) is 14.8. The number of hydrogen-bond acceptors (Lipinski definition) is 2. The lowest BCUT2D eigenvalue weighted by Crippen LogP contribution is -2.11. The van der Waals surface area contributed by atoms with Crippen LogP contribution < -0.4 is 9.80 Å². The summed E-state index contributed by atoms with van der Waals surface area (Å²) in [7, 11) is 0. The van der Waals surface area contributed by atoms with Gasteiger partial charge in [0, 0.05) is 33.5 Å². The molecule has 0 amide bonds. The smallest absolute Gasteiger partial charge is 0.0543 e. The Bertz CT molecular complexity index is 2090. The van der Waals surface area contributed by atoms with Crippen LogP contribution in [0.3, 0.4) is 0 Å². The van der Waals surface area contributed by atoms with Crippen LogP contribution >= 0.6 is 0 Å². The average molecular weight is 551 g/mol. The van der Waals surface area contributed by atoms with Gasteiger partial charge in [-0.25, -0.2) is 0 Å². The van der Waals surface area contributed by atoms with Crippen molar-refractivity contribution >= 4 is 66.4 Å². The predicted octanol–water partition coefficient (Wildman–Crippen LogP) is 11.8. The Balaban J connectivity index is 1.44. The summed E-state index contributed by atoms with van der Waals surface area (Å²) in [5.74, 6) is 0. The van der Waals surface area contributed by atoms with Crippen LogP contribution in [0.5, 0.6) is 0 Å². The third-order valence-electron chi connectivity index (χ3n) is 8.48. The second-order valence-corrected chi connectivity index (χ2v) is 11.1. The number of benzene rings is 8. The van der Waals surface area contributed by atoms with Gasteiger partial charge in [-0.05, 0) is 94.7 Å². The van der Waals surface area contributed by atoms with Crippen molar-refractivity contribution in [3.63, 3.8) is 0 Å². The SMILES string of the molecule is Cc1cc(N(c2ccccc2)c2ccccc2)c2ccc3ccc(N(c4ccccc4)c4ccccc4)c4ccc1c2c34. The molecule has 8 rings (SSSR count). The standard InChI is InChI=1S/C41H30N2/c1-29-28-39(43(33-18-10-4-11-19-33)34-20-12-5-13-21-34)37-24-22-30-23-27-38(36-26-25-35(29)41(37)40(30)36)42(31-14-6-2-7-15-31)32-16-8-3-9-17-32/h2-28H,1H3. The topological polar surface area (TPSA) is 6.48 Å². The first-order chi connectivity index (χ1) is 21.3. The fraction of sp³-hybridized carbons (Fsp3) is 0.0244. The van der Waals surface area contributed by atoms with E-state index in [4.69, 9.17) is 0 Å². The van der Waals surface area contributed by atoms with Crippen LogP contribution in [0.4, 0.5) is 34.1 Å². The van der Waals surface area contributed by atoms with Crippen LogP contribution in [0, 0.1) is 6.92 Å². The highest BCUT2D eigenvalue weighted by Crippen LogP contribution is 2.48. The van der Waals surface area contributed by atoms with Crippen molar-refractivity contribution in [3.05, 3.63) is 169 Å². The fourth-order valence-corrected chi connectivity index (χ4v) is 6.58. The molecule has 0 aliphatic heterocycles. The monoisotopic (exact) mass is 550 g/mol. The van der Waals surface area contributed by atoms with E-state index >= 15 is 0 Å². The highest BCUT2D eigenvalue weighted by molar-refractivity contribution is 6.28. The van der Waals surface area contributed by atoms with E-state index in [0.717, 1.165) is 22.7 Å². The molecule has 2 heteroatoms. The van der Waals surface area contributed by atoms with E-state index < -0.39 is 0 Å². The molecule has 8 aromatic carbocycles. The van der Waals surface area contributed by atoms with Crippen molar-refractivity contribution in [2.24, 2.45) is 0 Å². The van der Waals surface area contributed by atoms with E-state index in [1.54, 1.807) is 0 Å². The van der Waals surface area contributed by atoms with E-state index in [9.17, 15) is 0 Å². The van der Waals surface area contributed by atoms with Crippen molar-refractivity contribution in [2.45, 2.75) is 6.92 Å². The second-order valence-electron chi connectivity index (χ2n) is 11.1. The lowest BCUT2D eigenvalue weighted by molar-refractivity contribution is 1.29. The van der Waals surface area contributed by atoms with Crippen molar-refractivity contribution in [2.75, 3.05) is 9.80 Å². The van der Waals surface area contributed by atoms with Gasteiger partial charge in [0.2, 0.25) is 0 Å². The number of aryl methyl sites for hydroxylation is 1. The molecule has 2 nitrogen and oxygen atoms in total. The van der Waals surface area contributed by atoms with E-state index in [0.29, 0.717) is 0 Å². The molecule has 0 saturated carbocycles. The maximum absolute atomic E-state index is 2.39. The van der Waals surface area contributed by atoms with Crippen molar-refractivity contribution in [1.82, 2.24) is 0 Å². The molecular weight excluding hydrogens is 520 g/mol. The fourth-order valence-electron chi connectivity index (χ4n) is 6.58. The van der Waals surface area contributed by atoms with Crippen molar-refractivity contribution in [3.8, 4) is 0 Å². The van der Waals surface area contributed by atoms with E-state index in [1.165, 1.54) is 49.3 Å². The van der Waals surface area contributed by atoms with E-state index in [1.807, 2.05) is 0 Å². The Labute approximate surface area is 252 Å². The molecule has 0 fully saturated rings. The number of para-hydroxylation sites is 4. The molecule has 0 aromatic heterocycles. The van der Waals surface area contributed by atoms with Crippen molar-refractivity contribution in [1.29, 1.82) is 0 Å². The van der Waals surface area contributed by atoms with Gasteiger partial charge in [0.15, 0.2) is 0 Å². The first-order valence-corrected chi connectivity index (χ1v) is 14.8. The van der Waals surface area contributed by atoms with Crippen LogP contribution in [0.25, 0.3) is 32.3 Å². The summed E-state index contributed by atoms with van der Waals surface area (Å²) >= 11 is 0. The summed E-state index contributed by atoms with van der Waals surface area (Å²) in [4.78, 5) is 4.76. The van der Waals surface area contributed by atoms with Crippen LogP contribution in [0.1, 0.15) is 5.56 Å². The van der Waals surface area contributed by atoms with Gasteiger partial charge in [-0.15, -0.1) is 0 Å². The number of hydrogen-bond donors (Lipinski definition) is 0. The molecule has 0 bridgehead atoms. The maximum Gasteiger partial charge on any atom is 0.0543 e. The highest BCUT2D eigenvalue weighted by Gasteiger charge is 2.22. The quantitative estimate of drug-likeness (QED) is 0.190. The summed E-state index contributed by atoms with van der Waals surface area (Å²) < 4.78 is 0. The third kappa shape index (κ3) is 4.19. The zero-order valence-electron chi connectivity index (χ0n) is 24.0. The van der Waals surface area contributed by atoms with Gasteiger partial charge in [0.05, 0.1) is 11.4 Å². The van der Waals surface area contributed by atoms with E-state index in [2.05, 4.69) is 181 Å². The highest BCUT2D eigenvalue weighted by atomic mass is 15.1. The van der Waals surface area contributed by atoms with Crippen LogP contribution in [-0.4, -0.2) is 0 Å². The Hall–Kier alpha value is -5.60. The lowest BCUT2D eigenvalue weighted by atomic mass is 9.89. The van der Waals surface area contributed by atoms with Crippen LogP contribution in [0.2, 0.25) is 0 Å². The minimum absolute atomic E-state index is 1.14. The summed E-state index contributed by atoms with van der Waals surface area (Å²) in [6.07, 6.45) is 0. The van der Waals surface area contributed by atoms with Crippen molar-refractivity contribution < 1.29 is 0 Å². The third-order valence-corrected chi connectivity index (χ3v) is 8.48. The average Bonchev–Trinajstić information content (AvgIpc) is 3.07. The number of rotatable bonds is 6. The summed E-state index contributed by atoms with van der Waals surface area (Å²) in [5.41, 5.74) is 8.18. The number of anilines is 6. The number of nitrogens with zero attached hydrogens (tertiary/aromatic N) is 2. The summed E-state index contributed by atoms with van der Waals surface area (Å²) in [6.45, 7) is 2.24. The Morgan fingerprint density at radius 3 is 1.26 bits per heavy atom. The molecule has 0 unspecified atom stereocenters. The predicted molar refractivity (Wildman–Crippen MR) is 184 cm³/mol. The minimum Gasteiger partial charge on any atom is -0.310 e. The molecular formula is C41H30N2. The van der Waals surface area contributed by atoms with Gasteiger partial charge in [0.25, 0.3) is 0 Å². The molecule has 0 aliphatic carbocycles. The minimum atomic E-state index is 1.14. The molecule has 8 aromatic rings. The van der Waals surface area contributed by atoms with Gasteiger partial charge in [-0.3, -0.25) is 0 Å². The zero-order chi connectivity index (χ0) is 28.8. The largest absolute Gasteiger partial charge is 0.310 e. The molecule has 0 heterocycles.